The van der Waals surface area contributed by atoms with Crippen molar-refractivity contribution in [3.8, 4) is 0 Å². The van der Waals surface area contributed by atoms with E-state index in [2.05, 4.69) is 41.3 Å². The van der Waals surface area contributed by atoms with Gasteiger partial charge in [0.1, 0.15) is 18.7 Å². The van der Waals surface area contributed by atoms with Crippen molar-refractivity contribution in [2.45, 2.75) is 65.8 Å². The number of carbonyl (C=O) groups excluding carboxylic acids is 1. The average Bonchev–Trinajstić information content (AvgIpc) is 3.03. The SMILES string of the molecule is Cc1cccc(CCCCCC(C(=O)C(C)(C)C)n2cncn2)c1. The van der Waals surface area contributed by atoms with Gasteiger partial charge in [0.2, 0.25) is 0 Å². The van der Waals surface area contributed by atoms with Crippen LogP contribution in [0.4, 0.5) is 0 Å². The Hall–Kier alpha value is -1.97. The van der Waals surface area contributed by atoms with Crippen LogP contribution in [0, 0.1) is 12.3 Å². The minimum absolute atomic E-state index is 0.202. The van der Waals surface area contributed by atoms with E-state index in [1.807, 2.05) is 20.8 Å². The monoisotopic (exact) mass is 327 g/mol. The van der Waals surface area contributed by atoms with E-state index in [-0.39, 0.29) is 17.2 Å². The number of ketones is 1. The molecule has 1 heterocycles. The summed E-state index contributed by atoms with van der Waals surface area (Å²) in [6.45, 7) is 8.04. The zero-order valence-electron chi connectivity index (χ0n) is 15.3. The van der Waals surface area contributed by atoms with Crippen molar-refractivity contribution in [2.24, 2.45) is 5.41 Å². The number of rotatable bonds is 8. The van der Waals surface area contributed by atoms with Crippen LogP contribution in [0.1, 0.15) is 63.6 Å². The van der Waals surface area contributed by atoms with Gasteiger partial charge in [0.25, 0.3) is 0 Å². The van der Waals surface area contributed by atoms with Crippen LogP contribution in [-0.4, -0.2) is 20.5 Å². The highest BCUT2D eigenvalue weighted by molar-refractivity contribution is 5.87. The van der Waals surface area contributed by atoms with E-state index in [1.165, 1.54) is 17.5 Å². The number of aryl methyl sites for hydroxylation is 2. The lowest BCUT2D eigenvalue weighted by molar-refractivity contribution is -0.130. The van der Waals surface area contributed by atoms with E-state index in [1.54, 1.807) is 11.0 Å². The molecular weight excluding hydrogens is 298 g/mol. The van der Waals surface area contributed by atoms with Gasteiger partial charge in [-0.25, -0.2) is 9.67 Å². The lowest BCUT2D eigenvalue weighted by Gasteiger charge is -2.24. The second-order valence-electron chi connectivity index (χ2n) is 7.59. The number of benzene rings is 1. The first kappa shape index (κ1) is 18.4. The number of carbonyl (C=O) groups is 1. The number of hydrogen-bond donors (Lipinski definition) is 0. The number of hydrogen-bond acceptors (Lipinski definition) is 3. The summed E-state index contributed by atoms with van der Waals surface area (Å²) in [6, 6.07) is 8.49. The van der Waals surface area contributed by atoms with Crippen LogP contribution < -0.4 is 0 Å². The first-order valence-electron chi connectivity index (χ1n) is 8.82. The van der Waals surface area contributed by atoms with Gasteiger partial charge in [0.05, 0.1) is 0 Å². The first-order valence-corrected chi connectivity index (χ1v) is 8.82. The van der Waals surface area contributed by atoms with Crippen molar-refractivity contribution in [3.63, 3.8) is 0 Å². The normalized spacial score (nSPS) is 13.0. The molecule has 0 N–H and O–H groups in total. The van der Waals surface area contributed by atoms with Crippen LogP contribution in [0.15, 0.2) is 36.9 Å². The zero-order chi connectivity index (χ0) is 17.6. The van der Waals surface area contributed by atoms with Gasteiger partial charge < -0.3 is 0 Å². The molecule has 130 valence electrons. The first-order chi connectivity index (χ1) is 11.4. The van der Waals surface area contributed by atoms with E-state index < -0.39 is 0 Å². The maximum absolute atomic E-state index is 12.7. The average molecular weight is 327 g/mol. The van der Waals surface area contributed by atoms with Gasteiger partial charge in [-0.05, 0) is 31.7 Å². The second kappa shape index (κ2) is 8.22. The van der Waals surface area contributed by atoms with E-state index >= 15 is 0 Å². The molecule has 2 aromatic rings. The summed E-state index contributed by atoms with van der Waals surface area (Å²) in [6.07, 6.45) is 8.38. The Bertz CT molecular complexity index is 641. The quantitative estimate of drug-likeness (QED) is 0.668. The molecular formula is C20H29N3O. The molecule has 0 aliphatic carbocycles. The van der Waals surface area contributed by atoms with Crippen LogP contribution in [0.3, 0.4) is 0 Å². The highest BCUT2D eigenvalue weighted by Crippen LogP contribution is 2.27. The van der Waals surface area contributed by atoms with Crippen molar-refractivity contribution in [3.05, 3.63) is 48.0 Å². The molecule has 24 heavy (non-hydrogen) atoms. The molecule has 0 fully saturated rings. The summed E-state index contributed by atoms with van der Waals surface area (Å²) in [5.74, 6) is 0.228. The van der Waals surface area contributed by atoms with Crippen molar-refractivity contribution < 1.29 is 4.79 Å². The van der Waals surface area contributed by atoms with Crippen molar-refractivity contribution in [2.75, 3.05) is 0 Å². The fourth-order valence-corrected chi connectivity index (χ4v) is 2.97. The largest absolute Gasteiger partial charge is 0.297 e. The Labute approximate surface area is 145 Å². The summed E-state index contributed by atoms with van der Waals surface area (Å²) in [7, 11) is 0. The Morgan fingerprint density at radius 2 is 2.00 bits per heavy atom. The highest BCUT2D eigenvalue weighted by Gasteiger charge is 2.30. The predicted molar refractivity (Wildman–Crippen MR) is 96.9 cm³/mol. The molecule has 4 nitrogen and oxygen atoms in total. The molecule has 0 aliphatic heterocycles. The molecule has 0 saturated heterocycles. The van der Waals surface area contributed by atoms with Crippen LogP contribution in [0.5, 0.6) is 0 Å². The summed E-state index contributed by atoms with van der Waals surface area (Å²) in [5.41, 5.74) is 2.35. The van der Waals surface area contributed by atoms with Gasteiger partial charge in [-0.15, -0.1) is 0 Å². The van der Waals surface area contributed by atoms with Crippen LogP contribution in [0.2, 0.25) is 0 Å². The fourth-order valence-electron chi connectivity index (χ4n) is 2.97. The van der Waals surface area contributed by atoms with Gasteiger partial charge in [0.15, 0.2) is 5.78 Å². The van der Waals surface area contributed by atoms with Gasteiger partial charge in [-0.1, -0.05) is 63.4 Å². The number of Topliss-reactive ketones (excluding diaryl/α,β-unsaturated/α-hetero) is 1. The smallest absolute Gasteiger partial charge is 0.162 e. The maximum atomic E-state index is 12.7. The van der Waals surface area contributed by atoms with Gasteiger partial charge in [0, 0.05) is 5.41 Å². The van der Waals surface area contributed by atoms with Gasteiger partial charge in [-0.2, -0.15) is 5.10 Å². The molecule has 0 bridgehead atoms. The van der Waals surface area contributed by atoms with Crippen LogP contribution in [0.25, 0.3) is 0 Å². The van der Waals surface area contributed by atoms with E-state index in [4.69, 9.17) is 0 Å². The van der Waals surface area contributed by atoms with Crippen molar-refractivity contribution in [1.82, 2.24) is 14.8 Å². The second-order valence-corrected chi connectivity index (χ2v) is 7.59. The molecule has 1 atom stereocenters. The highest BCUT2D eigenvalue weighted by atomic mass is 16.1. The van der Waals surface area contributed by atoms with Crippen molar-refractivity contribution in [1.29, 1.82) is 0 Å². The minimum atomic E-state index is -0.363. The number of unbranched alkanes of at least 4 members (excludes halogenated alkanes) is 2. The molecule has 0 aliphatic rings. The third-order valence-electron chi connectivity index (χ3n) is 4.32. The van der Waals surface area contributed by atoms with Crippen molar-refractivity contribution >= 4 is 5.78 Å². The maximum Gasteiger partial charge on any atom is 0.162 e. The number of nitrogens with zero attached hydrogens (tertiary/aromatic N) is 3. The van der Waals surface area contributed by atoms with Crippen LogP contribution in [-0.2, 0) is 11.2 Å². The topological polar surface area (TPSA) is 47.8 Å². The van der Waals surface area contributed by atoms with Gasteiger partial charge >= 0.3 is 0 Å². The summed E-state index contributed by atoms with van der Waals surface area (Å²) in [5, 5.41) is 4.19. The number of aromatic nitrogens is 3. The molecule has 0 spiro atoms. The Morgan fingerprint density at radius 1 is 1.21 bits per heavy atom. The molecule has 0 saturated carbocycles. The lowest BCUT2D eigenvalue weighted by atomic mass is 9.84. The minimum Gasteiger partial charge on any atom is -0.297 e. The summed E-state index contributed by atoms with van der Waals surface area (Å²) in [4.78, 5) is 16.7. The molecule has 4 heteroatoms. The molecule has 1 aromatic carbocycles. The lowest BCUT2D eigenvalue weighted by Crippen LogP contribution is -2.31. The van der Waals surface area contributed by atoms with Gasteiger partial charge in [-0.3, -0.25) is 4.79 Å². The molecule has 0 radical (unpaired) electrons. The Balaban J connectivity index is 1.84. The Morgan fingerprint density at radius 3 is 2.62 bits per heavy atom. The van der Waals surface area contributed by atoms with Crippen LogP contribution >= 0.6 is 0 Å². The van der Waals surface area contributed by atoms with E-state index in [0.29, 0.717) is 0 Å². The third-order valence-corrected chi connectivity index (χ3v) is 4.32. The Kier molecular flexibility index (Phi) is 6.29. The molecule has 2 rings (SSSR count). The fraction of sp³-hybridized carbons (Fsp3) is 0.550. The van der Waals surface area contributed by atoms with E-state index in [9.17, 15) is 4.79 Å². The standard InChI is InChI=1S/C20H29N3O/c1-16-9-8-11-17(13-16)10-6-5-7-12-18(19(24)20(2,3)4)23-15-21-14-22-23/h8-9,11,13-15,18H,5-7,10,12H2,1-4H3. The molecule has 1 unspecified atom stereocenters. The molecule has 0 amide bonds. The summed E-state index contributed by atoms with van der Waals surface area (Å²) < 4.78 is 1.72. The summed E-state index contributed by atoms with van der Waals surface area (Å²) >= 11 is 0. The third kappa shape index (κ3) is 5.29. The zero-order valence-corrected chi connectivity index (χ0v) is 15.3. The molecule has 1 aromatic heterocycles. The predicted octanol–water partition coefficient (Wildman–Crippen LogP) is 4.55. The van der Waals surface area contributed by atoms with E-state index in [0.717, 1.165) is 32.1 Å².